The van der Waals surface area contributed by atoms with Gasteiger partial charge in [-0.3, -0.25) is 0 Å². The summed E-state index contributed by atoms with van der Waals surface area (Å²) in [6.45, 7) is 1.57. The second-order valence-corrected chi connectivity index (χ2v) is 3.49. The van der Waals surface area contributed by atoms with E-state index in [1.54, 1.807) is 13.0 Å². The van der Waals surface area contributed by atoms with Crippen LogP contribution in [0.2, 0.25) is 0 Å². The molecule has 17 heavy (non-hydrogen) atoms. The molecule has 0 amide bonds. The predicted octanol–water partition coefficient (Wildman–Crippen LogP) is 2.46. The lowest BCUT2D eigenvalue weighted by Crippen LogP contribution is -2.00. The largest absolute Gasteiger partial charge is 0.439 e. The summed E-state index contributed by atoms with van der Waals surface area (Å²) in [6, 6.07) is 7.16. The van der Waals surface area contributed by atoms with Crippen LogP contribution in [0.25, 0.3) is 0 Å². The number of nitrogens with zero attached hydrogens (tertiary/aromatic N) is 2. The Balaban J connectivity index is 2.18. The van der Waals surface area contributed by atoms with Gasteiger partial charge in [0.15, 0.2) is 5.82 Å². The fraction of sp³-hybridized carbons (Fsp3) is 0.167. The van der Waals surface area contributed by atoms with Crippen molar-refractivity contribution in [2.75, 3.05) is 0 Å². The highest BCUT2D eigenvalue weighted by Gasteiger charge is 2.06. The molecule has 1 aromatic carbocycles. The van der Waals surface area contributed by atoms with Crippen molar-refractivity contribution in [3.05, 3.63) is 48.2 Å². The van der Waals surface area contributed by atoms with Crippen molar-refractivity contribution in [3.8, 4) is 11.6 Å². The van der Waals surface area contributed by atoms with Gasteiger partial charge < -0.3 is 9.84 Å². The first-order valence-corrected chi connectivity index (χ1v) is 5.09. The molecule has 2 rings (SSSR count). The third-order valence-electron chi connectivity index (χ3n) is 2.06. The molecule has 5 heteroatoms. The molecular weight excluding hydrogens is 223 g/mol. The van der Waals surface area contributed by atoms with Crippen molar-refractivity contribution in [1.82, 2.24) is 9.97 Å². The van der Waals surface area contributed by atoms with Crippen molar-refractivity contribution in [1.29, 1.82) is 0 Å². The Morgan fingerprint density at radius 3 is 2.59 bits per heavy atom. The van der Waals surface area contributed by atoms with Crippen LogP contribution in [-0.4, -0.2) is 15.1 Å². The first kappa shape index (κ1) is 11.5. The molecule has 1 unspecified atom stereocenters. The van der Waals surface area contributed by atoms with Gasteiger partial charge >= 0.3 is 0 Å². The topological polar surface area (TPSA) is 55.2 Å². The average Bonchev–Trinajstić information content (AvgIpc) is 2.32. The summed E-state index contributed by atoms with van der Waals surface area (Å²) in [5.74, 6) is 0.735. The molecule has 0 aliphatic heterocycles. The fourth-order valence-electron chi connectivity index (χ4n) is 1.24. The number of aliphatic hydroxyl groups excluding tert-OH is 1. The van der Waals surface area contributed by atoms with Gasteiger partial charge in [-0.2, -0.15) is 4.98 Å². The van der Waals surface area contributed by atoms with Crippen LogP contribution in [0.5, 0.6) is 11.6 Å². The molecule has 88 valence electrons. The molecule has 4 nitrogen and oxygen atoms in total. The predicted molar refractivity (Wildman–Crippen MR) is 59.1 cm³/mol. The minimum atomic E-state index is -0.758. The SMILES string of the molecule is CC(O)c1nccc(Oc2ccc(F)cc2)n1. The Morgan fingerprint density at radius 1 is 1.24 bits per heavy atom. The molecule has 0 aliphatic rings. The van der Waals surface area contributed by atoms with Gasteiger partial charge in [0.25, 0.3) is 0 Å². The van der Waals surface area contributed by atoms with Crippen LogP contribution in [0.15, 0.2) is 36.5 Å². The van der Waals surface area contributed by atoms with Gasteiger partial charge in [0.1, 0.15) is 17.7 Å². The van der Waals surface area contributed by atoms with Gasteiger partial charge in [0, 0.05) is 12.3 Å². The van der Waals surface area contributed by atoms with E-state index in [0.717, 1.165) is 0 Å². The lowest BCUT2D eigenvalue weighted by molar-refractivity contribution is 0.187. The molecule has 0 spiro atoms. The van der Waals surface area contributed by atoms with Crippen LogP contribution >= 0.6 is 0 Å². The maximum Gasteiger partial charge on any atom is 0.222 e. The number of aromatic nitrogens is 2. The van der Waals surface area contributed by atoms with Crippen LogP contribution in [-0.2, 0) is 0 Å². The van der Waals surface area contributed by atoms with E-state index in [0.29, 0.717) is 11.6 Å². The zero-order valence-electron chi connectivity index (χ0n) is 9.17. The second kappa shape index (κ2) is 4.88. The quantitative estimate of drug-likeness (QED) is 0.886. The van der Waals surface area contributed by atoms with Crippen LogP contribution in [0.1, 0.15) is 18.9 Å². The van der Waals surface area contributed by atoms with E-state index in [-0.39, 0.29) is 11.6 Å². The summed E-state index contributed by atoms with van der Waals surface area (Å²) in [4.78, 5) is 7.91. The van der Waals surface area contributed by atoms with Gasteiger partial charge in [0.2, 0.25) is 5.88 Å². The fourth-order valence-corrected chi connectivity index (χ4v) is 1.24. The van der Waals surface area contributed by atoms with Gasteiger partial charge in [-0.05, 0) is 31.2 Å². The zero-order valence-corrected chi connectivity index (χ0v) is 9.17. The molecule has 0 bridgehead atoms. The third-order valence-corrected chi connectivity index (χ3v) is 2.06. The smallest absolute Gasteiger partial charge is 0.222 e. The highest BCUT2D eigenvalue weighted by atomic mass is 19.1. The van der Waals surface area contributed by atoms with Crippen molar-refractivity contribution in [3.63, 3.8) is 0 Å². The Labute approximate surface area is 97.7 Å². The Bertz CT molecular complexity index is 500. The first-order valence-electron chi connectivity index (χ1n) is 5.09. The van der Waals surface area contributed by atoms with Crippen LogP contribution < -0.4 is 4.74 Å². The second-order valence-electron chi connectivity index (χ2n) is 3.49. The molecule has 1 heterocycles. The number of ether oxygens (including phenoxy) is 1. The van der Waals surface area contributed by atoms with Crippen molar-refractivity contribution >= 4 is 0 Å². The molecule has 0 aliphatic carbocycles. The van der Waals surface area contributed by atoms with E-state index >= 15 is 0 Å². The first-order chi connectivity index (χ1) is 8.15. The Hall–Kier alpha value is -2.01. The molecule has 0 radical (unpaired) electrons. The maximum atomic E-state index is 12.7. The lowest BCUT2D eigenvalue weighted by Gasteiger charge is -2.07. The summed E-state index contributed by atoms with van der Waals surface area (Å²) in [6.07, 6.45) is 0.736. The third kappa shape index (κ3) is 2.98. The van der Waals surface area contributed by atoms with Crippen molar-refractivity contribution in [2.45, 2.75) is 13.0 Å². The van der Waals surface area contributed by atoms with Crippen molar-refractivity contribution < 1.29 is 14.2 Å². The average molecular weight is 234 g/mol. The van der Waals surface area contributed by atoms with Gasteiger partial charge in [-0.25, -0.2) is 9.37 Å². The summed E-state index contributed by atoms with van der Waals surface area (Å²) in [5, 5.41) is 9.32. The molecule has 1 N–H and O–H groups in total. The highest BCUT2D eigenvalue weighted by Crippen LogP contribution is 2.20. The van der Waals surface area contributed by atoms with Crippen LogP contribution in [0.4, 0.5) is 4.39 Å². The molecule has 1 aromatic heterocycles. The molecule has 0 saturated carbocycles. The van der Waals surface area contributed by atoms with E-state index < -0.39 is 6.10 Å². The minimum Gasteiger partial charge on any atom is -0.439 e. The van der Waals surface area contributed by atoms with E-state index in [1.807, 2.05) is 0 Å². The van der Waals surface area contributed by atoms with Gasteiger partial charge in [-0.15, -0.1) is 0 Å². The molecule has 0 fully saturated rings. The van der Waals surface area contributed by atoms with Crippen LogP contribution in [0, 0.1) is 5.82 Å². The van der Waals surface area contributed by atoms with Crippen molar-refractivity contribution in [2.24, 2.45) is 0 Å². The molecular formula is C12H11FN2O2. The summed E-state index contributed by atoms with van der Waals surface area (Å²) >= 11 is 0. The number of rotatable bonds is 3. The normalized spacial score (nSPS) is 12.2. The lowest BCUT2D eigenvalue weighted by atomic mass is 10.3. The molecule has 1 atom stereocenters. The summed E-state index contributed by atoms with van der Waals surface area (Å²) in [5.41, 5.74) is 0. The van der Waals surface area contributed by atoms with Gasteiger partial charge in [-0.1, -0.05) is 0 Å². The minimum absolute atomic E-state index is 0.282. The summed E-state index contributed by atoms with van der Waals surface area (Å²) in [7, 11) is 0. The molecule has 0 saturated heterocycles. The van der Waals surface area contributed by atoms with Gasteiger partial charge in [0.05, 0.1) is 0 Å². The Morgan fingerprint density at radius 2 is 1.94 bits per heavy atom. The van der Waals surface area contributed by atoms with E-state index in [4.69, 9.17) is 4.74 Å². The molecule has 2 aromatic rings. The van der Waals surface area contributed by atoms with Crippen LogP contribution in [0.3, 0.4) is 0 Å². The number of halogens is 1. The zero-order chi connectivity index (χ0) is 12.3. The van der Waals surface area contributed by atoms with E-state index in [2.05, 4.69) is 9.97 Å². The summed E-state index contributed by atoms with van der Waals surface area (Å²) < 4.78 is 18.1. The number of hydrogen-bond donors (Lipinski definition) is 1. The number of benzene rings is 1. The standard InChI is InChI=1S/C12H11FN2O2/c1-8(16)12-14-7-6-11(15-12)17-10-4-2-9(13)3-5-10/h2-8,16H,1H3. The number of hydrogen-bond acceptors (Lipinski definition) is 4. The highest BCUT2D eigenvalue weighted by molar-refractivity contribution is 5.26. The maximum absolute atomic E-state index is 12.7. The Kier molecular flexibility index (Phi) is 3.30. The number of aliphatic hydroxyl groups is 1. The monoisotopic (exact) mass is 234 g/mol. The van der Waals surface area contributed by atoms with E-state index in [9.17, 15) is 9.50 Å². The van der Waals surface area contributed by atoms with E-state index in [1.165, 1.54) is 30.5 Å².